The van der Waals surface area contributed by atoms with Gasteiger partial charge >= 0.3 is 0 Å². The van der Waals surface area contributed by atoms with Gasteiger partial charge in [-0.1, -0.05) is 30.3 Å². The highest BCUT2D eigenvalue weighted by molar-refractivity contribution is 5.63. The van der Waals surface area contributed by atoms with Gasteiger partial charge in [0.15, 0.2) is 5.89 Å². The number of aryl methyl sites for hydroxylation is 2. The lowest BCUT2D eigenvalue weighted by molar-refractivity contribution is 0.520. The standard InChI is InChI=1S/C16H16N2O/c1-12-8-15(14-6-4-3-5-7-14)9-18(12)10-16-11-19-13(2)17-16/h3-9,11H,10H2,1-2H3. The Labute approximate surface area is 112 Å². The zero-order valence-electron chi connectivity index (χ0n) is 11.1. The Bertz CT molecular complexity index is 680. The molecule has 0 amide bonds. The molecular weight excluding hydrogens is 236 g/mol. The van der Waals surface area contributed by atoms with Crippen LogP contribution in [0.1, 0.15) is 17.3 Å². The fourth-order valence-corrected chi connectivity index (χ4v) is 2.23. The monoisotopic (exact) mass is 252 g/mol. The van der Waals surface area contributed by atoms with Gasteiger partial charge in [-0.15, -0.1) is 0 Å². The van der Waals surface area contributed by atoms with Crippen LogP contribution in [0.4, 0.5) is 0 Å². The maximum absolute atomic E-state index is 5.24. The molecule has 0 radical (unpaired) electrons. The predicted octanol–water partition coefficient (Wildman–Crippen LogP) is 3.81. The van der Waals surface area contributed by atoms with Crippen LogP contribution in [-0.4, -0.2) is 9.55 Å². The molecule has 3 heteroatoms. The van der Waals surface area contributed by atoms with Crippen LogP contribution in [0.15, 0.2) is 53.3 Å². The van der Waals surface area contributed by atoms with Crippen molar-refractivity contribution in [3.8, 4) is 11.1 Å². The van der Waals surface area contributed by atoms with E-state index in [0.717, 1.165) is 12.2 Å². The van der Waals surface area contributed by atoms with Crippen molar-refractivity contribution in [2.45, 2.75) is 20.4 Å². The Morgan fingerprint density at radius 1 is 1.11 bits per heavy atom. The van der Waals surface area contributed by atoms with Gasteiger partial charge in [-0.3, -0.25) is 0 Å². The van der Waals surface area contributed by atoms with Crippen molar-refractivity contribution in [3.05, 3.63) is 66.1 Å². The summed E-state index contributed by atoms with van der Waals surface area (Å²) in [5.41, 5.74) is 4.65. The number of rotatable bonds is 3. The summed E-state index contributed by atoms with van der Waals surface area (Å²) in [5, 5.41) is 0. The minimum Gasteiger partial charge on any atom is -0.449 e. The number of hydrogen-bond acceptors (Lipinski definition) is 2. The third kappa shape index (κ3) is 2.45. The van der Waals surface area contributed by atoms with Gasteiger partial charge in [0.25, 0.3) is 0 Å². The Morgan fingerprint density at radius 2 is 1.89 bits per heavy atom. The van der Waals surface area contributed by atoms with Crippen molar-refractivity contribution in [1.82, 2.24) is 9.55 Å². The van der Waals surface area contributed by atoms with E-state index in [0.29, 0.717) is 5.89 Å². The first-order valence-electron chi connectivity index (χ1n) is 6.35. The molecular formula is C16H16N2O. The summed E-state index contributed by atoms with van der Waals surface area (Å²) in [4.78, 5) is 4.34. The second-order valence-corrected chi connectivity index (χ2v) is 4.72. The van der Waals surface area contributed by atoms with Crippen LogP contribution in [0.2, 0.25) is 0 Å². The van der Waals surface area contributed by atoms with Crippen molar-refractivity contribution in [2.75, 3.05) is 0 Å². The Balaban J connectivity index is 1.90. The molecule has 0 N–H and O–H groups in total. The molecule has 2 heterocycles. The van der Waals surface area contributed by atoms with Gasteiger partial charge in [0.2, 0.25) is 0 Å². The molecule has 0 atom stereocenters. The van der Waals surface area contributed by atoms with Gasteiger partial charge < -0.3 is 8.98 Å². The minimum atomic E-state index is 0.711. The third-order valence-corrected chi connectivity index (χ3v) is 3.22. The largest absolute Gasteiger partial charge is 0.449 e. The smallest absolute Gasteiger partial charge is 0.191 e. The van der Waals surface area contributed by atoms with E-state index in [2.05, 4.69) is 53.0 Å². The fourth-order valence-electron chi connectivity index (χ4n) is 2.23. The van der Waals surface area contributed by atoms with Crippen molar-refractivity contribution < 1.29 is 4.42 Å². The molecule has 0 aliphatic carbocycles. The molecule has 2 aromatic heterocycles. The highest BCUT2D eigenvalue weighted by atomic mass is 16.3. The molecule has 96 valence electrons. The molecule has 0 saturated heterocycles. The van der Waals surface area contributed by atoms with Crippen LogP contribution in [0.3, 0.4) is 0 Å². The van der Waals surface area contributed by atoms with E-state index >= 15 is 0 Å². The van der Waals surface area contributed by atoms with Crippen LogP contribution in [-0.2, 0) is 6.54 Å². The van der Waals surface area contributed by atoms with E-state index < -0.39 is 0 Å². The maximum Gasteiger partial charge on any atom is 0.191 e. The Morgan fingerprint density at radius 3 is 2.58 bits per heavy atom. The first kappa shape index (κ1) is 11.8. The van der Waals surface area contributed by atoms with Crippen molar-refractivity contribution in [3.63, 3.8) is 0 Å². The summed E-state index contributed by atoms with van der Waals surface area (Å²) in [6.45, 7) is 4.72. The molecule has 0 aliphatic rings. The number of oxazole rings is 1. The first-order chi connectivity index (χ1) is 9.22. The lowest BCUT2D eigenvalue weighted by Crippen LogP contribution is -2.00. The van der Waals surface area contributed by atoms with E-state index in [4.69, 9.17) is 4.42 Å². The van der Waals surface area contributed by atoms with Crippen molar-refractivity contribution >= 4 is 0 Å². The third-order valence-electron chi connectivity index (χ3n) is 3.22. The molecule has 3 rings (SSSR count). The molecule has 0 aliphatic heterocycles. The van der Waals surface area contributed by atoms with E-state index in [9.17, 15) is 0 Å². The number of benzene rings is 1. The number of aromatic nitrogens is 2. The van der Waals surface area contributed by atoms with E-state index in [-0.39, 0.29) is 0 Å². The van der Waals surface area contributed by atoms with E-state index in [1.165, 1.54) is 16.8 Å². The second kappa shape index (κ2) is 4.76. The van der Waals surface area contributed by atoms with Crippen LogP contribution in [0, 0.1) is 13.8 Å². The van der Waals surface area contributed by atoms with Gasteiger partial charge in [0.1, 0.15) is 6.26 Å². The van der Waals surface area contributed by atoms with E-state index in [1.807, 2.05) is 13.0 Å². The van der Waals surface area contributed by atoms with Gasteiger partial charge in [-0.05, 0) is 24.1 Å². The highest BCUT2D eigenvalue weighted by Gasteiger charge is 2.06. The molecule has 0 spiro atoms. The summed E-state index contributed by atoms with van der Waals surface area (Å²) in [6, 6.07) is 12.6. The van der Waals surface area contributed by atoms with Crippen LogP contribution >= 0.6 is 0 Å². The second-order valence-electron chi connectivity index (χ2n) is 4.72. The normalized spacial score (nSPS) is 10.8. The Kier molecular flexibility index (Phi) is 2.95. The fraction of sp³-hybridized carbons (Fsp3) is 0.188. The minimum absolute atomic E-state index is 0.711. The molecule has 0 fully saturated rings. The predicted molar refractivity (Wildman–Crippen MR) is 74.9 cm³/mol. The average molecular weight is 252 g/mol. The summed E-state index contributed by atoms with van der Waals surface area (Å²) in [6.07, 6.45) is 3.88. The van der Waals surface area contributed by atoms with Crippen molar-refractivity contribution in [2.24, 2.45) is 0 Å². The van der Waals surface area contributed by atoms with Crippen molar-refractivity contribution in [1.29, 1.82) is 0 Å². The van der Waals surface area contributed by atoms with Gasteiger partial charge in [-0.25, -0.2) is 4.98 Å². The SMILES string of the molecule is Cc1nc(Cn2cc(-c3ccccc3)cc2C)co1. The van der Waals surface area contributed by atoms with Gasteiger partial charge in [0.05, 0.1) is 12.2 Å². The average Bonchev–Trinajstić information content (AvgIpc) is 2.98. The molecule has 1 aromatic carbocycles. The maximum atomic E-state index is 5.24. The highest BCUT2D eigenvalue weighted by Crippen LogP contribution is 2.22. The van der Waals surface area contributed by atoms with E-state index in [1.54, 1.807) is 6.26 Å². The molecule has 0 unspecified atom stereocenters. The first-order valence-corrected chi connectivity index (χ1v) is 6.35. The van der Waals surface area contributed by atoms with Crippen LogP contribution < -0.4 is 0 Å². The number of hydrogen-bond donors (Lipinski definition) is 0. The summed E-state index contributed by atoms with van der Waals surface area (Å²) < 4.78 is 7.44. The number of nitrogens with zero attached hydrogens (tertiary/aromatic N) is 2. The van der Waals surface area contributed by atoms with Gasteiger partial charge in [0, 0.05) is 18.8 Å². The summed E-state index contributed by atoms with van der Waals surface area (Å²) in [7, 11) is 0. The van der Waals surface area contributed by atoms with Crippen LogP contribution in [0.5, 0.6) is 0 Å². The molecule has 3 nitrogen and oxygen atoms in total. The zero-order chi connectivity index (χ0) is 13.2. The Hall–Kier alpha value is -2.29. The topological polar surface area (TPSA) is 31.0 Å². The lowest BCUT2D eigenvalue weighted by atomic mass is 10.1. The lowest BCUT2D eigenvalue weighted by Gasteiger charge is -2.02. The van der Waals surface area contributed by atoms with Crippen LogP contribution in [0.25, 0.3) is 11.1 Å². The van der Waals surface area contributed by atoms with Gasteiger partial charge in [-0.2, -0.15) is 0 Å². The quantitative estimate of drug-likeness (QED) is 0.709. The summed E-state index contributed by atoms with van der Waals surface area (Å²) >= 11 is 0. The molecule has 0 bridgehead atoms. The molecule has 19 heavy (non-hydrogen) atoms. The molecule has 3 aromatic rings. The zero-order valence-corrected chi connectivity index (χ0v) is 11.1. The molecule has 0 saturated carbocycles. The summed E-state index contributed by atoms with van der Waals surface area (Å²) in [5.74, 6) is 0.711.